The Labute approximate surface area is 141 Å². The van der Waals surface area contributed by atoms with E-state index in [0.717, 1.165) is 12.2 Å². The lowest BCUT2D eigenvalue weighted by Gasteiger charge is -2.32. The van der Waals surface area contributed by atoms with Crippen LogP contribution in [0.3, 0.4) is 0 Å². The van der Waals surface area contributed by atoms with Crippen LogP contribution in [0.5, 0.6) is 5.75 Å². The van der Waals surface area contributed by atoms with Crippen molar-refractivity contribution in [2.24, 2.45) is 0 Å². The molecule has 5 nitrogen and oxygen atoms in total. The number of carbonyl (C=O) groups excluding carboxylic acids is 1. The van der Waals surface area contributed by atoms with Crippen molar-refractivity contribution in [2.45, 2.75) is 38.7 Å². The summed E-state index contributed by atoms with van der Waals surface area (Å²) in [6.45, 7) is 3.63. The van der Waals surface area contributed by atoms with Gasteiger partial charge in [-0.3, -0.25) is 4.90 Å². The minimum Gasteiger partial charge on any atom is -0.494 e. The standard InChI is InChI=1S/C17H25F2N3O2/c1-2-10-24-15-5-3-4-14(11-15)21-17(23)20-13-6-8-22(9-7-13)12-16(18)19/h3-5,11,13,16H,2,6-10,12H2,1H3,(H2,20,21,23). The van der Waals surface area contributed by atoms with Crippen molar-refractivity contribution in [3.05, 3.63) is 24.3 Å². The summed E-state index contributed by atoms with van der Waals surface area (Å²) >= 11 is 0. The van der Waals surface area contributed by atoms with Crippen molar-refractivity contribution in [3.8, 4) is 5.75 Å². The highest BCUT2D eigenvalue weighted by Gasteiger charge is 2.22. The number of hydrogen-bond donors (Lipinski definition) is 2. The number of amides is 2. The predicted molar refractivity (Wildman–Crippen MR) is 89.8 cm³/mol. The second-order valence-electron chi connectivity index (χ2n) is 5.94. The molecule has 0 saturated carbocycles. The maximum absolute atomic E-state index is 12.3. The average Bonchev–Trinajstić information content (AvgIpc) is 2.54. The predicted octanol–water partition coefficient (Wildman–Crippen LogP) is 3.33. The molecule has 24 heavy (non-hydrogen) atoms. The van der Waals surface area contributed by atoms with Crippen LogP contribution in [0.2, 0.25) is 0 Å². The molecule has 7 heteroatoms. The Morgan fingerprint density at radius 1 is 1.38 bits per heavy atom. The van der Waals surface area contributed by atoms with Crippen LogP contribution in [0, 0.1) is 0 Å². The number of piperidine rings is 1. The Kier molecular flexibility index (Phi) is 7.24. The van der Waals surface area contributed by atoms with Crippen LogP contribution in [0.4, 0.5) is 19.3 Å². The number of halogens is 2. The van der Waals surface area contributed by atoms with Crippen molar-refractivity contribution in [3.63, 3.8) is 0 Å². The monoisotopic (exact) mass is 341 g/mol. The number of urea groups is 1. The molecule has 1 aliphatic rings. The topological polar surface area (TPSA) is 53.6 Å². The van der Waals surface area contributed by atoms with E-state index in [1.807, 2.05) is 19.1 Å². The van der Waals surface area contributed by atoms with E-state index in [4.69, 9.17) is 4.74 Å². The van der Waals surface area contributed by atoms with Crippen LogP contribution in [-0.2, 0) is 0 Å². The second-order valence-corrected chi connectivity index (χ2v) is 5.94. The van der Waals surface area contributed by atoms with E-state index in [9.17, 15) is 13.6 Å². The number of nitrogens with zero attached hydrogens (tertiary/aromatic N) is 1. The van der Waals surface area contributed by atoms with Crippen LogP contribution < -0.4 is 15.4 Å². The van der Waals surface area contributed by atoms with Gasteiger partial charge in [-0.15, -0.1) is 0 Å². The highest BCUT2D eigenvalue weighted by molar-refractivity contribution is 5.89. The van der Waals surface area contributed by atoms with Gasteiger partial charge in [0.25, 0.3) is 6.43 Å². The summed E-state index contributed by atoms with van der Waals surface area (Å²) in [6.07, 6.45) is -0.0258. The van der Waals surface area contributed by atoms with Gasteiger partial charge in [0.05, 0.1) is 13.2 Å². The first-order valence-corrected chi connectivity index (χ1v) is 8.37. The van der Waals surface area contributed by atoms with E-state index in [-0.39, 0.29) is 18.6 Å². The number of anilines is 1. The smallest absolute Gasteiger partial charge is 0.319 e. The summed E-state index contributed by atoms with van der Waals surface area (Å²) in [4.78, 5) is 13.8. The molecular weight excluding hydrogens is 316 g/mol. The number of alkyl halides is 2. The van der Waals surface area contributed by atoms with Crippen molar-refractivity contribution in [2.75, 3.05) is 31.6 Å². The molecule has 0 aliphatic carbocycles. The quantitative estimate of drug-likeness (QED) is 0.800. The van der Waals surface area contributed by atoms with Crippen LogP contribution in [0.1, 0.15) is 26.2 Å². The lowest BCUT2D eigenvalue weighted by atomic mass is 10.1. The Morgan fingerprint density at radius 3 is 2.79 bits per heavy atom. The largest absolute Gasteiger partial charge is 0.494 e. The molecule has 2 amide bonds. The van der Waals surface area contributed by atoms with E-state index in [1.54, 1.807) is 17.0 Å². The molecule has 1 saturated heterocycles. The van der Waals surface area contributed by atoms with Crippen LogP contribution >= 0.6 is 0 Å². The third-order valence-corrected chi connectivity index (χ3v) is 3.88. The fraction of sp³-hybridized carbons (Fsp3) is 0.588. The highest BCUT2D eigenvalue weighted by atomic mass is 19.3. The lowest BCUT2D eigenvalue weighted by molar-refractivity contribution is 0.0739. The lowest BCUT2D eigenvalue weighted by Crippen LogP contribution is -2.46. The van der Waals surface area contributed by atoms with E-state index in [0.29, 0.717) is 38.2 Å². The molecule has 1 aliphatic heterocycles. The first-order valence-electron chi connectivity index (χ1n) is 8.37. The zero-order valence-electron chi connectivity index (χ0n) is 13.9. The fourth-order valence-electron chi connectivity index (χ4n) is 2.69. The van der Waals surface area contributed by atoms with Gasteiger partial charge >= 0.3 is 6.03 Å². The van der Waals surface area contributed by atoms with Crippen LogP contribution in [0.25, 0.3) is 0 Å². The molecule has 0 spiro atoms. The zero-order chi connectivity index (χ0) is 17.4. The van der Waals surface area contributed by atoms with E-state index >= 15 is 0 Å². The fourth-order valence-corrected chi connectivity index (χ4v) is 2.69. The van der Waals surface area contributed by atoms with E-state index < -0.39 is 6.43 Å². The summed E-state index contributed by atoms with van der Waals surface area (Å²) in [6, 6.07) is 6.97. The number of rotatable bonds is 7. The number of nitrogens with one attached hydrogen (secondary N) is 2. The van der Waals surface area contributed by atoms with E-state index in [1.165, 1.54) is 0 Å². The third kappa shape index (κ3) is 6.31. The first-order chi connectivity index (χ1) is 11.6. The Hall–Kier alpha value is -1.89. The van der Waals surface area contributed by atoms with Crippen molar-refractivity contribution >= 4 is 11.7 Å². The molecule has 2 N–H and O–H groups in total. The molecule has 134 valence electrons. The van der Waals surface area contributed by atoms with Crippen molar-refractivity contribution < 1.29 is 18.3 Å². The maximum Gasteiger partial charge on any atom is 0.319 e. The normalized spacial score (nSPS) is 16.2. The number of ether oxygens (including phenoxy) is 1. The number of carbonyl (C=O) groups is 1. The molecule has 1 heterocycles. The molecule has 1 aromatic carbocycles. The molecule has 1 fully saturated rings. The molecule has 0 unspecified atom stereocenters. The molecule has 0 radical (unpaired) electrons. The van der Waals surface area contributed by atoms with Gasteiger partial charge in [-0.2, -0.15) is 0 Å². The van der Waals surface area contributed by atoms with Crippen molar-refractivity contribution in [1.29, 1.82) is 0 Å². The third-order valence-electron chi connectivity index (χ3n) is 3.88. The minimum atomic E-state index is -2.31. The minimum absolute atomic E-state index is 0.0125. The van der Waals surface area contributed by atoms with Gasteiger partial charge in [0, 0.05) is 30.9 Å². The Bertz CT molecular complexity index is 520. The second kappa shape index (κ2) is 9.42. The van der Waals surface area contributed by atoms with Crippen LogP contribution in [-0.4, -0.2) is 49.6 Å². The highest BCUT2D eigenvalue weighted by Crippen LogP contribution is 2.18. The van der Waals surface area contributed by atoms with Gasteiger partial charge in [0.15, 0.2) is 0 Å². The van der Waals surface area contributed by atoms with Crippen LogP contribution in [0.15, 0.2) is 24.3 Å². The van der Waals surface area contributed by atoms with Gasteiger partial charge in [-0.1, -0.05) is 13.0 Å². The molecule has 2 rings (SSSR count). The number of benzene rings is 1. The number of hydrogen-bond acceptors (Lipinski definition) is 3. The summed E-state index contributed by atoms with van der Waals surface area (Å²) in [5.41, 5.74) is 0.663. The summed E-state index contributed by atoms with van der Waals surface area (Å²) < 4.78 is 30.2. The van der Waals surface area contributed by atoms with Gasteiger partial charge in [0.1, 0.15) is 5.75 Å². The molecular formula is C17H25F2N3O2. The van der Waals surface area contributed by atoms with Gasteiger partial charge in [0.2, 0.25) is 0 Å². The maximum atomic E-state index is 12.3. The van der Waals surface area contributed by atoms with Gasteiger partial charge in [-0.05, 0) is 31.4 Å². The summed E-state index contributed by atoms with van der Waals surface area (Å²) in [5.74, 6) is 0.718. The zero-order valence-corrected chi connectivity index (χ0v) is 13.9. The molecule has 0 aromatic heterocycles. The number of likely N-dealkylation sites (tertiary alicyclic amines) is 1. The molecule has 0 atom stereocenters. The Balaban J connectivity index is 1.75. The van der Waals surface area contributed by atoms with Gasteiger partial charge < -0.3 is 15.4 Å². The van der Waals surface area contributed by atoms with E-state index in [2.05, 4.69) is 10.6 Å². The first kappa shape index (κ1) is 18.4. The average molecular weight is 341 g/mol. The van der Waals surface area contributed by atoms with Crippen molar-refractivity contribution in [1.82, 2.24) is 10.2 Å². The molecule has 1 aromatic rings. The molecule has 0 bridgehead atoms. The summed E-state index contributed by atoms with van der Waals surface area (Å²) in [7, 11) is 0. The summed E-state index contributed by atoms with van der Waals surface area (Å²) in [5, 5.41) is 5.68. The SMILES string of the molecule is CCCOc1cccc(NC(=O)NC2CCN(CC(F)F)CC2)c1. The van der Waals surface area contributed by atoms with Gasteiger partial charge in [-0.25, -0.2) is 13.6 Å². The Morgan fingerprint density at radius 2 is 2.12 bits per heavy atom.